The van der Waals surface area contributed by atoms with Gasteiger partial charge in [0.15, 0.2) is 0 Å². The molecule has 2 unspecified atom stereocenters. The van der Waals surface area contributed by atoms with E-state index in [-0.39, 0.29) is 24.0 Å². The van der Waals surface area contributed by atoms with E-state index in [0.29, 0.717) is 26.1 Å². The van der Waals surface area contributed by atoms with Gasteiger partial charge in [0.25, 0.3) is 0 Å². The average Bonchev–Trinajstić information content (AvgIpc) is 3.67. The monoisotopic (exact) mass is 538 g/mol. The molecule has 2 saturated heterocycles. The number of hydrogen-bond acceptors (Lipinski definition) is 6. The van der Waals surface area contributed by atoms with E-state index in [4.69, 9.17) is 18.9 Å². The summed E-state index contributed by atoms with van der Waals surface area (Å²) in [7, 11) is 0. The Morgan fingerprint density at radius 3 is 1.44 bits per heavy atom. The largest absolute Gasteiger partial charge is 0.491 e. The fraction of sp³-hybridized carbons (Fsp3) is 0.548. The number of anilines is 2. The third-order valence-electron chi connectivity index (χ3n) is 7.00. The summed E-state index contributed by atoms with van der Waals surface area (Å²) < 4.78 is 22.7. The van der Waals surface area contributed by atoms with E-state index in [1.807, 2.05) is 48.5 Å². The third kappa shape index (κ3) is 10.9. The van der Waals surface area contributed by atoms with Crippen molar-refractivity contribution in [1.29, 1.82) is 0 Å². The Labute approximate surface area is 231 Å². The fourth-order valence-corrected chi connectivity index (χ4v) is 4.75. The van der Waals surface area contributed by atoms with Gasteiger partial charge in [0.2, 0.25) is 11.8 Å². The highest BCUT2D eigenvalue weighted by Gasteiger charge is 2.17. The van der Waals surface area contributed by atoms with Crippen LogP contribution >= 0.6 is 0 Å². The van der Waals surface area contributed by atoms with Gasteiger partial charge in [-0.15, -0.1) is 0 Å². The molecular formula is C31H42N2O6. The molecule has 0 saturated carbocycles. The first-order valence-corrected chi connectivity index (χ1v) is 14.4. The highest BCUT2D eigenvalue weighted by molar-refractivity contribution is 5.91. The van der Waals surface area contributed by atoms with Gasteiger partial charge in [-0.05, 0) is 87.1 Å². The molecule has 2 heterocycles. The van der Waals surface area contributed by atoms with Crippen LogP contribution in [0.2, 0.25) is 0 Å². The van der Waals surface area contributed by atoms with Gasteiger partial charge in [-0.1, -0.05) is 19.3 Å². The van der Waals surface area contributed by atoms with Crippen molar-refractivity contribution < 1.29 is 28.5 Å². The molecule has 8 heteroatoms. The summed E-state index contributed by atoms with van der Waals surface area (Å²) in [5.41, 5.74) is 1.55. The van der Waals surface area contributed by atoms with Gasteiger partial charge in [0, 0.05) is 37.4 Å². The highest BCUT2D eigenvalue weighted by Crippen LogP contribution is 2.20. The van der Waals surface area contributed by atoms with E-state index in [0.717, 1.165) is 93.9 Å². The summed E-state index contributed by atoms with van der Waals surface area (Å²) >= 11 is 0. The zero-order valence-corrected chi connectivity index (χ0v) is 22.8. The fourth-order valence-electron chi connectivity index (χ4n) is 4.75. The molecule has 39 heavy (non-hydrogen) atoms. The Bertz CT molecular complexity index is 917. The molecule has 0 bridgehead atoms. The molecule has 212 valence electrons. The first-order valence-electron chi connectivity index (χ1n) is 14.4. The van der Waals surface area contributed by atoms with Crippen molar-refractivity contribution in [3.63, 3.8) is 0 Å². The summed E-state index contributed by atoms with van der Waals surface area (Å²) in [5.74, 6) is 1.60. The summed E-state index contributed by atoms with van der Waals surface area (Å²) in [5, 5.41) is 5.89. The van der Waals surface area contributed by atoms with Crippen molar-refractivity contribution in [2.24, 2.45) is 0 Å². The van der Waals surface area contributed by atoms with Crippen LogP contribution in [0.5, 0.6) is 11.5 Å². The average molecular weight is 539 g/mol. The van der Waals surface area contributed by atoms with Crippen LogP contribution in [0.15, 0.2) is 48.5 Å². The minimum Gasteiger partial charge on any atom is -0.491 e. The van der Waals surface area contributed by atoms with Gasteiger partial charge in [-0.3, -0.25) is 9.59 Å². The Kier molecular flexibility index (Phi) is 11.9. The molecule has 2 amide bonds. The number of rotatable bonds is 16. The van der Waals surface area contributed by atoms with Crippen molar-refractivity contribution in [2.75, 3.05) is 37.1 Å². The van der Waals surface area contributed by atoms with E-state index in [9.17, 15) is 9.59 Å². The molecule has 2 fully saturated rings. The van der Waals surface area contributed by atoms with Crippen LogP contribution in [-0.2, 0) is 19.1 Å². The summed E-state index contributed by atoms with van der Waals surface area (Å²) in [6.45, 7) is 2.77. The SMILES string of the molecule is O=C(CCCCCCCC(=O)Nc1ccc(OCC2CCCO2)cc1)Nc1ccc(OCC2CCCO2)cc1. The number of hydrogen-bond donors (Lipinski definition) is 2. The first-order chi connectivity index (χ1) is 19.1. The maximum atomic E-state index is 12.2. The van der Waals surface area contributed by atoms with Crippen LogP contribution in [0.4, 0.5) is 11.4 Å². The Hall–Kier alpha value is -3.10. The normalized spacial score (nSPS) is 18.6. The summed E-state index contributed by atoms with van der Waals surface area (Å²) in [6, 6.07) is 14.9. The number of ether oxygens (including phenoxy) is 4. The quantitative estimate of drug-likeness (QED) is 0.250. The molecule has 2 aromatic rings. The van der Waals surface area contributed by atoms with E-state index >= 15 is 0 Å². The summed E-state index contributed by atoms with van der Waals surface area (Å²) in [4.78, 5) is 24.5. The van der Waals surface area contributed by atoms with E-state index < -0.39 is 0 Å². The van der Waals surface area contributed by atoms with Gasteiger partial charge >= 0.3 is 0 Å². The van der Waals surface area contributed by atoms with Crippen molar-refractivity contribution in [1.82, 2.24) is 0 Å². The number of unbranched alkanes of at least 4 members (excludes halogenated alkanes) is 4. The molecule has 2 aliphatic heterocycles. The van der Waals surface area contributed by atoms with Gasteiger partial charge in [-0.2, -0.15) is 0 Å². The Morgan fingerprint density at radius 1 is 0.641 bits per heavy atom. The highest BCUT2D eigenvalue weighted by atomic mass is 16.5. The molecule has 8 nitrogen and oxygen atoms in total. The standard InChI is InChI=1S/C31H42N2O6/c34-30(32-24-12-16-26(17-13-24)38-22-28-8-6-20-36-28)10-4-2-1-3-5-11-31(35)33-25-14-18-27(19-15-25)39-23-29-9-7-21-37-29/h12-19,28-29H,1-11,20-23H2,(H,32,34)(H,33,35). The predicted molar refractivity (Wildman–Crippen MR) is 151 cm³/mol. The molecule has 2 atom stereocenters. The molecule has 4 rings (SSSR count). The maximum Gasteiger partial charge on any atom is 0.224 e. The molecule has 2 aromatic carbocycles. The van der Waals surface area contributed by atoms with Crippen molar-refractivity contribution in [2.45, 2.75) is 82.8 Å². The number of amides is 2. The van der Waals surface area contributed by atoms with Crippen LogP contribution in [0.3, 0.4) is 0 Å². The van der Waals surface area contributed by atoms with Crippen molar-refractivity contribution in [3.05, 3.63) is 48.5 Å². The molecule has 0 spiro atoms. The molecule has 0 aromatic heterocycles. The lowest BCUT2D eigenvalue weighted by molar-refractivity contribution is -0.117. The van der Waals surface area contributed by atoms with Crippen molar-refractivity contribution in [3.8, 4) is 11.5 Å². The molecular weight excluding hydrogens is 496 g/mol. The second-order valence-electron chi connectivity index (χ2n) is 10.3. The lowest BCUT2D eigenvalue weighted by Crippen LogP contribution is -2.16. The summed E-state index contributed by atoms with van der Waals surface area (Å²) in [6.07, 6.45) is 10.3. The first kappa shape index (κ1) is 28.9. The molecule has 2 N–H and O–H groups in total. The van der Waals surface area contributed by atoms with E-state index in [1.165, 1.54) is 0 Å². The van der Waals surface area contributed by atoms with Gasteiger partial charge in [-0.25, -0.2) is 0 Å². The molecule has 0 aliphatic carbocycles. The maximum absolute atomic E-state index is 12.2. The second kappa shape index (κ2) is 16.1. The van der Waals surface area contributed by atoms with Crippen LogP contribution in [0, 0.1) is 0 Å². The number of carbonyl (C=O) groups excluding carboxylic acids is 2. The minimum absolute atomic E-state index is 0.0192. The Morgan fingerprint density at radius 2 is 1.05 bits per heavy atom. The smallest absolute Gasteiger partial charge is 0.224 e. The lowest BCUT2D eigenvalue weighted by atomic mass is 10.1. The number of carbonyl (C=O) groups is 2. The zero-order chi connectivity index (χ0) is 27.1. The predicted octanol–water partition coefficient (Wildman–Crippen LogP) is 6.11. The van der Waals surface area contributed by atoms with E-state index in [1.54, 1.807) is 0 Å². The van der Waals surface area contributed by atoms with Crippen molar-refractivity contribution >= 4 is 23.2 Å². The van der Waals surface area contributed by atoms with Crippen LogP contribution in [0.1, 0.15) is 70.6 Å². The van der Waals surface area contributed by atoms with Crippen LogP contribution in [-0.4, -0.2) is 50.4 Å². The Balaban J connectivity index is 0.992. The van der Waals surface area contributed by atoms with E-state index in [2.05, 4.69) is 10.6 Å². The lowest BCUT2D eigenvalue weighted by Gasteiger charge is -2.12. The second-order valence-corrected chi connectivity index (χ2v) is 10.3. The minimum atomic E-state index is 0.0192. The number of benzene rings is 2. The number of nitrogens with one attached hydrogen (secondary N) is 2. The van der Waals surface area contributed by atoms with Crippen LogP contribution < -0.4 is 20.1 Å². The van der Waals surface area contributed by atoms with Gasteiger partial charge in [0.05, 0.1) is 12.2 Å². The molecule has 0 radical (unpaired) electrons. The van der Waals surface area contributed by atoms with Gasteiger partial charge < -0.3 is 29.6 Å². The molecule has 2 aliphatic rings. The topological polar surface area (TPSA) is 95.1 Å². The third-order valence-corrected chi connectivity index (χ3v) is 7.00. The van der Waals surface area contributed by atoms with Gasteiger partial charge in [0.1, 0.15) is 24.7 Å². The van der Waals surface area contributed by atoms with Crippen LogP contribution in [0.25, 0.3) is 0 Å². The zero-order valence-electron chi connectivity index (χ0n) is 22.8.